The third kappa shape index (κ3) is 10.1. The average Bonchev–Trinajstić information content (AvgIpc) is 2.72. The number of hydrogen-bond acceptors (Lipinski definition) is 7. The molecule has 31 heavy (non-hydrogen) atoms. The van der Waals surface area contributed by atoms with Gasteiger partial charge in [-0.3, -0.25) is 14.4 Å². The van der Waals surface area contributed by atoms with E-state index in [-0.39, 0.29) is 18.3 Å². The lowest BCUT2D eigenvalue weighted by molar-refractivity contribution is -0.143. The maximum absolute atomic E-state index is 12.9. The fourth-order valence-electron chi connectivity index (χ4n) is 2.83. The largest absolute Gasteiger partial charge is 0.480 e. The molecule has 0 aromatic heterocycles. The monoisotopic (exact) mass is 445 g/mol. The van der Waals surface area contributed by atoms with E-state index in [1.54, 1.807) is 20.8 Å². The van der Waals surface area contributed by atoms with Crippen LogP contribution >= 0.6 is 0 Å². The standard InChI is InChI=1S/C20H39N5O6/c1-5-12(4)16(19(29)23-14(20(30)31)8-6-7-9-21)25-18(28)15(11(2)3)24-17(27)13(22)10-26/h11-16,26H,5-10,21-22H2,1-4H3,(H,23,29)(H,24,27)(H,25,28)(H,30,31). The smallest absolute Gasteiger partial charge is 0.326 e. The van der Waals surface area contributed by atoms with Crippen molar-refractivity contribution in [2.75, 3.05) is 13.2 Å². The minimum absolute atomic E-state index is 0.225. The molecule has 0 saturated carbocycles. The lowest BCUT2D eigenvalue weighted by atomic mass is 9.96. The second-order valence-corrected chi connectivity index (χ2v) is 8.08. The van der Waals surface area contributed by atoms with Gasteiger partial charge >= 0.3 is 5.97 Å². The second kappa shape index (κ2) is 14.7. The zero-order chi connectivity index (χ0) is 24.1. The van der Waals surface area contributed by atoms with Crippen molar-refractivity contribution in [2.45, 2.75) is 77.5 Å². The van der Waals surface area contributed by atoms with Gasteiger partial charge in [0.25, 0.3) is 0 Å². The second-order valence-electron chi connectivity index (χ2n) is 8.08. The molecule has 0 heterocycles. The Morgan fingerprint density at radius 2 is 1.45 bits per heavy atom. The number of carboxylic acids is 1. The summed E-state index contributed by atoms with van der Waals surface area (Å²) in [6.45, 7) is 6.88. The molecule has 11 nitrogen and oxygen atoms in total. The molecule has 0 bridgehead atoms. The van der Waals surface area contributed by atoms with Crippen molar-refractivity contribution < 1.29 is 29.4 Å². The summed E-state index contributed by atoms with van der Waals surface area (Å²) in [6.07, 6.45) is 1.96. The molecule has 0 aromatic rings. The van der Waals surface area contributed by atoms with Gasteiger partial charge in [0.2, 0.25) is 17.7 Å². The van der Waals surface area contributed by atoms with Gasteiger partial charge in [-0.05, 0) is 37.6 Å². The van der Waals surface area contributed by atoms with Crippen LogP contribution < -0.4 is 27.4 Å². The fraction of sp³-hybridized carbons (Fsp3) is 0.800. The Labute approximate surface area is 183 Å². The van der Waals surface area contributed by atoms with Crippen molar-refractivity contribution in [1.82, 2.24) is 16.0 Å². The van der Waals surface area contributed by atoms with E-state index in [0.717, 1.165) is 0 Å². The molecule has 0 saturated heterocycles. The molecule has 0 radical (unpaired) electrons. The highest BCUT2D eigenvalue weighted by atomic mass is 16.4. The molecule has 0 aromatic carbocycles. The number of aliphatic hydroxyl groups excluding tert-OH is 1. The van der Waals surface area contributed by atoms with Crippen molar-refractivity contribution >= 4 is 23.7 Å². The van der Waals surface area contributed by atoms with Crippen LogP contribution in [0, 0.1) is 11.8 Å². The molecule has 180 valence electrons. The summed E-state index contributed by atoms with van der Waals surface area (Å²) in [5, 5.41) is 26.1. The van der Waals surface area contributed by atoms with Gasteiger partial charge < -0.3 is 37.6 Å². The number of carbonyl (C=O) groups is 4. The molecule has 3 amide bonds. The number of rotatable bonds is 15. The van der Waals surface area contributed by atoms with Crippen molar-refractivity contribution in [3.8, 4) is 0 Å². The Morgan fingerprint density at radius 1 is 0.903 bits per heavy atom. The van der Waals surface area contributed by atoms with E-state index in [4.69, 9.17) is 16.6 Å². The number of nitrogens with one attached hydrogen (secondary N) is 3. The van der Waals surface area contributed by atoms with Gasteiger partial charge in [0.05, 0.1) is 6.61 Å². The number of carboxylic acid groups (broad SMARTS) is 1. The number of aliphatic carboxylic acids is 1. The molecule has 9 N–H and O–H groups in total. The molecule has 0 rings (SSSR count). The van der Waals surface area contributed by atoms with E-state index >= 15 is 0 Å². The molecule has 0 aliphatic carbocycles. The Balaban J connectivity index is 5.39. The number of unbranched alkanes of at least 4 members (excludes halogenated alkanes) is 1. The Hall–Kier alpha value is -2.24. The van der Waals surface area contributed by atoms with Crippen molar-refractivity contribution in [3.05, 3.63) is 0 Å². The first kappa shape index (κ1) is 28.8. The molecular weight excluding hydrogens is 406 g/mol. The maximum atomic E-state index is 12.9. The van der Waals surface area contributed by atoms with Gasteiger partial charge in [-0.25, -0.2) is 4.79 Å². The van der Waals surface area contributed by atoms with Crippen LogP contribution in [0.15, 0.2) is 0 Å². The summed E-state index contributed by atoms with van der Waals surface area (Å²) in [5.41, 5.74) is 10.9. The van der Waals surface area contributed by atoms with Gasteiger partial charge in [0.15, 0.2) is 0 Å². The van der Waals surface area contributed by atoms with E-state index in [9.17, 15) is 24.3 Å². The maximum Gasteiger partial charge on any atom is 0.326 e. The van der Waals surface area contributed by atoms with Crippen LogP contribution in [0.3, 0.4) is 0 Å². The molecule has 11 heteroatoms. The van der Waals surface area contributed by atoms with Crippen LogP contribution in [0.4, 0.5) is 0 Å². The van der Waals surface area contributed by atoms with Crippen molar-refractivity contribution in [3.63, 3.8) is 0 Å². The first-order chi connectivity index (χ1) is 14.5. The number of hydrogen-bond donors (Lipinski definition) is 7. The SMILES string of the molecule is CCC(C)C(NC(=O)C(NC(=O)C(N)CO)C(C)C)C(=O)NC(CCCCN)C(=O)O. The number of aliphatic hydroxyl groups is 1. The zero-order valence-corrected chi connectivity index (χ0v) is 18.9. The van der Waals surface area contributed by atoms with Gasteiger partial charge in [-0.2, -0.15) is 0 Å². The van der Waals surface area contributed by atoms with Crippen molar-refractivity contribution in [1.29, 1.82) is 0 Å². The van der Waals surface area contributed by atoms with E-state index in [0.29, 0.717) is 25.8 Å². The van der Waals surface area contributed by atoms with E-state index in [2.05, 4.69) is 16.0 Å². The average molecular weight is 446 g/mol. The molecule has 0 aliphatic heterocycles. The van der Waals surface area contributed by atoms with Crippen LogP contribution in [-0.2, 0) is 19.2 Å². The summed E-state index contributed by atoms with van der Waals surface area (Å²) in [4.78, 5) is 49.2. The zero-order valence-electron chi connectivity index (χ0n) is 18.9. The van der Waals surface area contributed by atoms with Crippen LogP contribution in [0.2, 0.25) is 0 Å². The Morgan fingerprint density at radius 3 is 1.90 bits per heavy atom. The normalized spacial score (nSPS) is 16.0. The lowest BCUT2D eigenvalue weighted by Crippen LogP contribution is -2.60. The minimum Gasteiger partial charge on any atom is -0.480 e. The Bertz CT molecular complexity index is 601. The van der Waals surface area contributed by atoms with E-state index in [1.807, 2.05) is 6.92 Å². The van der Waals surface area contributed by atoms with E-state index < -0.39 is 54.5 Å². The highest BCUT2D eigenvalue weighted by Crippen LogP contribution is 2.11. The lowest BCUT2D eigenvalue weighted by Gasteiger charge is -2.29. The number of amides is 3. The molecule has 0 fully saturated rings. The predicted molar refractivity (Wildman–Crippen MR) is 116 cm³/mol. The summed E-state index contributed by atoms with van der Waals surface area (Å²) in [5.74, 6) is -3.66. The van der Waals surface area contributed by atoms with Gasteiger partial charge in [-0.1, -0.05) is 34.1 Å². The summed E-state index contributed by atoms with van der Waals surface area (Å²) >= 11 is 0. The summed E-state index contributed by atoms with van der Waals surface area (Å²) in [6, 6.07) is -4.24. The fourth-order valence-corrected chi connectivity index (χ4v) is 2.83. The summed E-state index contributed by atoms with van der Waals surface area (Å²) in [7, 11) is 0. The van der Waals surface area contributed by atoms with Crippen LogP contribution in [0.1, 0.15) is 53.4 Å². The van der Waals surface area contributed by atoms with Crippen molar-refractivity contribution in [2.24, 2.45) is 23.3 Å². The molecule has 0 aliphatic rings. The third-order valence-electron chi connectivity index (χ3n) is 5.14. The minimum atomic E-state index is -1.17. The molecular formula is C20H39N5O6. The highest BCUT2D eigenvalue weighted by molar-refractivity contribution is 5.94. The molecule has 0 spiro atoms. The number of carbonyl (C=O) groups excluding carboxylic acids is 3. The Kier molecular flexibility index (Phi) is 13.6. The van der Waals surface area contributed by atoms with Crippen LogP contribution in [-0.4, -0.2) is 71.2 Å². The van der Waals surface area contributed by atoms with Crippen LogP contribution in [0.5, 0.6) is 0 Å². The van der Waals surface area contributed by atoms with Crippen LogP contribution in [0.25, 0.3) is 0 Å². The van der Waals surface area contributed by atoms with Gasteiger partial charge in [0, 0.05) is 0 Å². The summed E-state index contributed by atoms with van der Waals surface area (Å²) < 4.78 is 0. The topological polar surface area (TPSA) is 197 Å². The first-order valence-corrected chi connectivity index (χ1v) is 10.7. The highest BCUT2D eigenvalue weighted by Gasteiger charge is 2.33. The van der Waals surface area contributed by atoms with Gasteiger partial charge in [0.1, 0.15) is 24.2 Å². The quantitative estimate of drug-likeness (QED) is 0.150. The predicted octanol–water partition coefficient (Wildman–Crippen LogP) is -1.32. The van der Waals surface area contributed by atoms with E-state index in [1.165, 1.54) is 0 Å². The third-order valence-corrected chi connectivity index (χ3v) is 5.14. The van der Waals surface area contributed by atoms with Gasteiger partial charge in [-0.15, -0.1) is 0 Å². The first-order valence-electron chi connectivity index (χ1n) is 10.7. The molecule has 5 unspecified atom stereocenters. The number of nitrogens with two attached hydrogens (primary N) is 2. The molecule has 5 atom stereocenters.